The van der Waals surface area contributed by atoms with E-state index in [0.717, 1.165) is 22.4 Å². The van der Waals surface area contributed by atoms with Crippen LogP contribution in [0.15, 0.2) is 66.4 Å². The van der Waals surface area contributed by atoms with Gasteiger partial charge in [0.05, 0.1) is 11.3 Å². The predicted molar refractivity (Wildman–Crippen MR) is 132 cm³/mol. The summed E-state index contributed by atoms with van der Waals surface area (Å²) in [6, 6.07) is 18.6. The standard InChI is InChI=1S/C27H25N3O4/c1-16-8-10-21(17(2)12-16)24-25(28-18-9-11-22-23(13-18)34-15-33-22)27(32)30(26(24)31)20-7-5-6-19(14-20)29(3)4/h5-14,28H,15H2,1-4H3. The molecule has 0 saturated carbocycles. The van der Waals surface area contributed by atoms with E-state index in [1.807, 2.05) is 69.2 Å². The third kappa shape index (κ3) is 3.65. The van der Waals surface area contributed by atoms with Gasteiger partial charge in [0.25, 0.3) is 11.8 Å². The van der Waals surface area contributed by atoms with Gasteiger partial charge in [-0.1, -0.05) is 29.8 Å². The van der Waals surface area contributed by atoms with Gasteiger partial charge in [0, 0.05) is 31.5 Å². The van der Waals surface area contributed by atoms with Crippen molar-refractivity contribution >= 4 is 34.4 Å². The van der Waals surface area contributed by atoms with E-state index in [-0.39, 0.29) is 18.4 Å². The Morgan fingerprint density at radius 3 is 2.44 bits per heavy atom. The number of hydrogen-bond donors (Lipinski definition) is 1. The van der Waals surface area contributed by atoms with Crippen LogP contribution in [0.5, 0.6) is 11.5 Å². The molecule has 0 aromatic heterocycles. The van der Waals surface area contributed by atoms with E-state index in [2.05, 4.69) is 5.32 Å². The molecule has 0 radical (unpaired) electrons. The van der Waals surface area contributed by atoms with Gasteiger partial charge in [0.15, 0.2) is 11.5 Å². The Kier molecular flexibility index (Phi) is 5.24. The summed E-state index contributed by atoms with van der Waals surface area (Å²) in [6.07, 6.45) is 0. The molecule has 2 aliphatic rings. The molecule has 0 atom stereocenters. The predicted octanol–water partition coefficient (Wildman–Crippen LogP) is 4.49. The number of benzene rings is 3. The molecule has 0 aliphatic carbocycles. The van der Waals surface area contributed by atoms with Crippen molar-refractivity contribution in [1.82, 2.24) is 0 Å². The molecular formula is C27H25N3O4. The second-order valence-corrected chi connectivity index (χ2v) is 8.62. The van der Waals surface area contributed by atoms with Gasteiger partial charge < -0.3 is 19.7 Å². The summed E-state index contributed by atoms with van der Waals surface area (Å²) in [5.41, 5.74) is 5.34. The maximum atomic E-state index is 13.8. The van der Waals surface area contributed by atoms with Crippen LogP contribution in [-0.4, -0.2) is 32.7 Å². The van der Waals surface area contributed by atoms with Crippen molar-refractivity contribution in [3.8, 4) is 11.5 Å². The van der Waals surface area contributed by atoms with Gasteiger partial charge in [0.1, 0.15) is 5.70 Å². The van der Waals surface area contributed by atoms with Crippen molar-refractivity contribution in [2.24, 2.45) is 0 Å². The van der Waals surface area contributed by atoms with Crippen LogP contribution < -0.4 is 24.6 Å². The topological polar surface area (TPSA) is 71.1 Å². The molecule has 0 saturated heterocycles. The number of amides is 2. The van der Waals surface area contributed by atoms with E-state index in [0.29, 0.717) is 28.4 Å². The summed E-state index contributed by atoms with van der Waals surface area (Å²) < 4.78 is 10.9. The number of ether oxygens (including phenoxy) is 2. The molecule has 172 valence electrons. The molecule has 0 unspecified atom stereocenters. The Hall–Kier alpha value is -4.26. The SMILES string of the molecule is Cc1ccc(C2=C(Nc3ccc4c(c3)OCO4)C(=O)N(c3cccc(N(C)C)c3)C2=O)c(C)c1. The summed E-state index contributed by atoms with van der Waals surface area (Å²) >= 11 is 0. The molecule has 7 heteroatoms. The van der Waals surface area contributed by atoms with E-state index >= 15 is 0 Å². The van der Waals surface area contributed by atoms with Crippen molar-refractivity contribution in [3.05, 3.63) is 83.1 Å². The van der Waals surface area contributed by atoms with Gasteiger partial charge in [-0.05, 0) is 55.3 Å². The molecule has 7 nitrogen and oxygen atoms in total. The normalized spacial score (nSPS) is 14.8. The number of nitrogens with one attached hydrogen (secondary N) is 1. The molecule has 2 aliphatic heterocycles. The molecule has 0 bridgehead atoms. The smallest absolute Gasteiger partial charge is 0.282 e. The number of carbonyl (C=O) groups excluding carboxylic acids is 2. The lowest BCUT2D eigenvalue weighted by Gasteiger charge is -2.19. The van der Waals surface area contributed by atoms with Crippen LogP contribution in [-0.2, 0) is 9.59 Å². The quantitative estimate of drug-likeness (QED) is 0.572. The van der Waals surface area contributed by atoms with Crippen molar-refractivity contribution in [3.63, 3.8) is 0 Å². The Bertz CT molecular complexity index is 1360. The van der Waals surface area contributed by atoms with Crippen molar-refractivity contribution in [2.45, 2.75) is 13.8 Å². The van der Waals surface area contributed by atoms with Crippen LogP contribution >= 0.6 is 0 Å². The molecule has 3 aromatic carbocycles. The maximum Gasteiger partial charge on any atom is 0.282 e. The molecule has 2 heterocycles. The van der Waals surface area contributed by atoms with E-state index in [1.54, 1.807) is 24.3 Å². The number of imide groups is 1. The maximum absolute atomic E-state index is 13.8. The first-order valence-corrected chi connectivity index (χ1v) is 11.0. The minimum absolute atomic E-state index is 0.155. The number of aryl methyl sites for hydroxylation is 2. The number of nitrogens with zero attached hydrogens (tertiary/aromatic N) is 2. The second kappa shape index (κ2) is 8.26. The van der Waals surface area contributed by atoms with Crippen molar-refractivity contribution < 1.29 is 19.1 Å². The Morgan fingerprint density at radius 1 is 0.882 bits per heavy atom. The average Bonchev–Trinajstić information content (AvgIpc) is 3.36. The lowest BCUT2D eigenvalue weighted by Crippen LogP contribution is -2.32. The number of rotatable bonds is 5. The molecule has 5 rings (SSSR count). The molecule has 3 aromatic rings. The van der Waals surface area contributed by atoms with Gasteiger partial charge in [-0.2, -0.15) is 0 Å². The van der Waals surface area contributed by atoms with Gasteiger partial charge >= 0.3 is 0 Å². The van der Waals surface area contributed by atoms with E-state index in [9.17, 15) is 9.59 Å². The first kappa shape index (κ1) is 21.6. The van der Waals surface area contributed by atoms with Crippen LogP contribution in [0.25, 0.3) is 5.57 Å². The first-order valence-electron chi connectivity index (χ1n) is 11.0. The number of fused-ring (bicyclic) bond motifs is 1. The lowest BCUT2D eigenvalue weighted by molar-refractivity contribution is -0.120. The fraction of sp³-hybridized carbons (Fsp3) is 0.185. The zero-order valence-electron chi connectivity index (χ0n) is 19.5. The highest BCUT2D eigenvalue weighted by Gasteiger charge is 2.41. The first-order chi connectivity index (χ1) is 16.3. The van der Waals surface area contributed by atoms with Crippen LogP contribution in [0.2, 0.25) is 0 Å². The van der Waals surface area contributed by atoms with Crippen LogP contribution in [0.1, 0.15) is 16.7 Å². The lowest BCUT2D eigenvalue weighted by atomic mass is 9.97. The fourth-order valence-electron chi connectivity index (χ4n) is 4.25. The summed E-state index contributed by atoms with van der Waals surface area (Å²) in [5, 5.41) is 3.20. The molecule has 2 amide bonds. The Labute approximate surface area is 198 Å². The van der Waals surface area contributed by atoms with Crippen molar-refractivity contribution in [2.75, 3.05) is 36.0 Å². The van der Waals surface area contributed by atoms with Gasteiger partial charge in [-0.25, -0.2) is 4.90 Å². The molecule has 1 N–H and O–H groups in total. The largest absolute Gasteiger partial charge is 0.454 e. The second-order valence-electron chi connectivity index (χ2n) is 8.62. The number of anilines is 3. The highest BCUT2D eigenvalue weighted by atomic mass is 16.7. The van der Waals surface area contributed by atoms with Crippen LogP contribution in [0.4, 0.5) is 17.1 Å². The highest BCUT2D eigenvalue weighted by molar-refractivity contribution is 6.46. The van der Waals surface area contributed by atoms with E-state index < -0.39 is 5.91 Å². The molecular weight excluding hydrogens is 430 g/mol. The molecule has 34 heavy (non-hydrogen) atoms. The van der Waals surface area contributed by atoms with Gasteiger partial charge in [0.2, 0.25) is 6.79 Å². The highest BCUT2D eigenvalue weighted by Crippen LogP contribution is 2.38. The number of carbonyl (C=O) groups is 2. The Morgan fingerprint density at radius 2 is 1.68 bits per heavy atom. The number of hydrogen-bond acceptors (Lipinski definition) is 6. The Balaban J connectivity index is 1.62. The minimum Gasteiger partial charge on any atom is -0.454 e. The fourth-order valence-corrected chi connectivity index (χ4v) is 4.25. The summed E-state index contributed by atoms with van der Waals surface area (Å²) in [7, 11) is 3.83. The van der Waals surface area contributed by atoms with Crippen molar-refractivity contribution in [1.29, 1.82) is 0 Å². The van der Waals surface area contributed by atoms with Crippen LogP contribution in [0, 0.1) is 13.8 Å². The third-order valence-electron chi connectivity index (χ3n) is 5.98. The molecule has 0 fully saturated rings. The molecule has 0 spiro atoms. The van der Waals surface area contributed by atoms with E-state index in [4.69, 9.17) is 9.47 Å². The van der Waals surface area contributed by atoms with Gasteiger partial charge in [-0.3, -0.25) is 9.59 Å². The van der Waals surface area contributed by atoms with E-state index in [1.165, 1.54) is 4.90 Å². The monoisotopic (exact) mass is 455 g/mol. The van der Waals surface area contributed by atoms with Crippen LogP contribution in [0.3, 0.4) is 0 Å². The zero-order valence-corrected chi connectivity index (χ0v) is 19.5. The summed E-state index contributed by atoms with van der Waals surface area (Å²) in [6.45, 7) is 4.10. The third-order valence-corrected chi connectivity index (χ3v) is 5.98. The zero-order chi connectivity index (χ0) is 24.0. The summed E-state index contributed by atoms with van der Waals surface area (Å²) in [5.74, 6) is 0.459. The average molecular weight is 456 g/mol. The summed E-state index contributed by atoms with van der Waals surface area (Å²) in [4.78, 5) is 30.6. The van der Waals surface area contributed by atoms with Gasteiger partial charge in [-0.15, -0.1) is 0 Å². The minimum atomic E-state index is -0.409.